The van der Waals surface area contributed by atoms with Gasteiger partial charge in [0.25, 0.3) is 0 Å². The number of methoxy groups -OCH3 is 1. The van der Waals surface area contributed by atoms with Gasteiger partial charge in [0.2, 0.25) is 11.8 Å². The van der Waals surface area contributed by atoms with Gasteiger partial charge in [0.05, 0.1) is 17.7 Å². The molecule has 2 aromatic carbocycles. The van der Waals surface area contributed by atoms with E-state index in [-0.39, 0.29) is 30.8 Å². The summed E-state index contributed by atoms with van der Waals surface area (Å²) in [5.74, 6) is 0.120. The first-order valence-electron chi connectivity index (χ1n) is 9.66. The molecule has 0 saturated heterocycles. The van der Waals surface area contributed by atoms with Crippen molar-refractivity contribution in [3.8, 4) is 28.3 Å². The third-order valence-electron chi connectivity index (χ3n) is 4.53. The molecule has 4 rings (SSSR count). The fourth-order valence-electron chi connectivity index (χ4n) is 3.04. The summed E-state index contributed by atoms with van der Waals surface area (Å²) in [6.45, 7) is 0.146. The summed E-state index contributed by atoms with van der Waals surface area (Å²) in [4.78, 5) is 20.9. The van der Waals surface area contributed by atoms with E-state index in [0.717, 1.165) is 5.56 Å². The van der Waals surface area contributed by atoms with E-state index in [0.29, 0.717) is 28.3 Å². The average molecular weight is 434 g/mol. The smallest absolute Gasteiger partial charge is 0.241 e. The van der Waals surface area contributed by atoms with Crippen LogP contribution in [0.3, 0.4) is 0 Å². The van der Waals surface area contributed by atoms with Crippen molar-refractivity contribution in [2.24, 2.45) is 0 Å². The molecule has 32 heavy (non-hydrogen) atoms. The van der Waals surface area contributed by atoms with Gasteiger partial charge >= 0.3 is 0 Å². The number of rotatable bonds is 8. The first-order valence-corrected chi connectivity index (χ1v) is 9.66. The van der Waals surface area contributed by atoms with E-state index < -0.39 is 0 Å². The molecule has 8 nitrogen and oxygen atoms in total. The molecule has 1 N–H and O–H groups in total. The molecule has 4 aromatic rings. The Morgan fingerprint density at radius 3 is 2.56 bits per heavy atom. The van der Waals surface area contributed by atoms with Crippen LogP contribution in [-0.4, -0.2) is 34.9 Å². The van der Waals surface area contributed by atoms with Crippen LogP contribution < -0.4 is 10.1 Å². The van der Waals surface area contributed by atoms with Crippen LogP contribution in [-0.2, 0) is 16.0 Å². The van der Waals surface area contributed by atoms with Gasteiger partial charge in [-0.3, -0.25) is 10.1 Å². The number of hydrogen-bond donors (Lipinski definition) is 1. The van der Waals surface area contributed by atoms with Gasteiger partial charge in [0.1, 0.15) is 23.6 Å². The molecule has 0 spiro atoms. The molecule has 0 aliphatic rings. The van der Waals surface area contributed by atoms with Crippen LogP contribution in [0.1, 0.15) is 5.56 Å². The SMILES string of the molecule is COCOc1ccc(CC(=O)Nc2onc(-c3ccc(F)cc3)c2-c2ccncn2)cc1. The van der Waals surface area contributed by atoms with E-state index >= 15 is 0 Å². The zero-order chi connectivity index (χ0) is 22.3. The van der Waals surface area contributed by atoms with Crippen LogP contribution in [0.5, 0.6) is 5.75 Å². The molecule has 0 bridgehead atoms. The minimum atomic E-state index is -0.368. The summed E-state index contributed by atoms with van der Waals surface area (Å²) in [7, 11) is 1.54. The van der Waals surface area contributed by atoms with Gasteiger partial charge in [-0.1, -0.05) is 17.3 Å². The third-order valence-corrected chi connectivity index (χ3v) is 4.53. The van der Waals surface area contributed by atoms with E-state index in [1.54, 1.807) is 55.8 Å². The number of hydrogen-bond acceptors (Lipinski definition) is 7. The average Bonchev–Trinajstić information content (AvgIpc) is 3.23. The highest BCUT2D eigenvalue weighted by molar-refractivity contribution is 5.97. The fourth-order valence-corrected chi connectivity index (χ4v) is 3.04. The number of nitrogens with one attached hydrogen (secondary N) is 1. The quantitative estimate of drug-likeness (QED) is 0.417. The van der Waals surface area contributed by atoms with Gasteiger partial charge in [-0.2, -0.15) is 0 Å². The largest absolute Gasteiger partial charge is 0.468 e. The number of carbonyl (C=O) groups is 1. The Kier molecular flexibility index (Phi) is 6.47. The highest BCUT2D eigenvalue weighted by atomic mass is 19.1. The van der Waals surface area contributed by atoms with Crippen LogP contribution in [0.25, 0.3) is 22.5 Å². The van der Waals surface area contributed by atoms with Crippen LogP contribution >= 0.6 is 0 Å². The van der Waals surface area contributed by atoms with Crippen molar-refractivity contribution in [1.82, 2.24) is 15.1 Å². The summed E-state index contributed by atoms with van der Waals surface area (Å²) < 4.78 is 29.0. The maximum atomic E-state index is 13.4. The Morgan fingerprint density at radius 1 is 1.09 bits per heavy atom. The Labute approximate surface area is 183 Å². The van der Waals surface area contributed by atoms with E-state index in [1.807, 2.05) is 0 Å². The van der Waals surface area contributed by atoms with E-state index in [4.69, 9.17) is 14.0 Å². The van der Waals surface area contributed by atoms with Crippen molar-refractivity contribution in [3.63, 3.8) is 0 Å². The van der Waals surface area contributed by atoms with Gasteiger partial charge in [-0.05, 0) is 48.0 Å². The molecule has 0 unspecified atom stereocenters. The zero-order valence-electron chi connectivity index (χ0n) is 17.1. The second kappa shape index (κ2) is 9.80. The first-order chi connectivity index (χ1) is 15.6. The minimum absolute atomic E-state index is 0.111. The predicted molar refractivity (Wildman–Crippen MR) is 114 cm³/mol. The minimum Gasteiger partial charge on any atom is -0.468 e. The number of anilines is 1. The van der Waals surface area contributed by atoms with E-state index in [1.165, 1.54) is 18.5 Å². The summed E-state index contributed by atoms with van der Waals surface area (Å²) >= 11 is 0. The molecule has 162 valence electrons. The molecular weight excluding hydrogens is 415 g/mol. The molecule has 2 heterocycles. The molecule has 2 aromatic heterocycles. The predicted octanol–water partition coefficient (Wildman–Crippen LogP) is 4.10. The highest BCUT2D eigenvalue weighted by Gasteiger charge is 2.22. The second-order valence-corrected chi connectivity index (χ2v) is 6.76. The molecule has 0 saturated carbocycles. The number of nitrogens with zero attached hydrogens (tertiary/aromatic N) is 3. The Bertz CT molecular complexity index is 1180. The van der Waals surface area contributed by atoms with Crippen molar-refractivity contribution in [1.29, 1.82) is 0 Å². The van der Waals surface area contributed by atoms with Crippen LogP contribution in [0.15, 0.2) is 71.6 Å². The van der Waals surface area contributed by atoms with Crippen molar-refractivity contribution in [2.45, 2.75) is 6.42 Å². The summed E-state index contributed by atoms with van der Waals surface area (Å²) in [5, 5.41) is 6.85. The van der Waals surface area contributed by atoms with Gasteiger partial charge in [0, 0.05) is 18.9 Å². The molecular formula is C23H19FN4O4. The maximum Gasteiger partial charge on any atom is 0.241 e. The molecule has 0 radical (unpaired) electrons. The standard InChI is InChI=1S/C23H19FN4O4/c1-30-14-31-18-8-2-15(3-9-18)12-20(29)27-23-21(19-10-11-25-13-26-19)22(28-32-23)16-4-6-17(24)7-5-16/h2-11,13H,12,14H2,1H3,(H,27,29). The van der Waals surface area contributed by atoms with E-state index in [9.17, 15) is 9.18 Å². The van der Waals surface area contributed by atoms with Gasteiger partial charge < -0.3 is 14.0 Å². The van der Waals surface area contributed by atoms with Crippen LogP contribution in [0.2, 0.25) is 0 Å². The molecule has 0 aliphatic carbocycles. The summed E-state index contributed by atoms with van der Waals surface area (Å²) in [5.41, 5.74) is 2.83. The van der Waals surface area contributed by atoms with Crippen molar-refractivity contribution in [2.75, 3.05) is 19.2 Å². The van der Waals surface area contributed by atoms with Crippen LogP contribution in [0, 0.1) is 5.82 Å². The number of benzene rings is 2. The van der Waals surface area contributed by atoms with Gasteiger partial charge in [0.15, 0.2) is 6.79 Å². The second-order valence-electron chi connectivity index (χ2n) is 6.76. The number of ether oxygens (including phenoxy) is 2. The number of carbonyl (C=O) groups excluding carboxylic acids is 1. The number of aromatic nitrogens is 3. The van der Waals surface area contributed by atoms with Crippen LogP contribution in [0.4, 0.5) is 10.3 Å². The first kappa shape index (κ1) is 21.1. The highest BCUT2D eigenvalue weighted by Crippen LogP contribution is 2.36. The Hall–Kier alpha value is -4.11. The lowest BCUT2D eigenvalue weighted by Gasteiger charge is -2.07. The summed E-state index contributed by atoms with van der Waals surface area (Å²) in [6, 6.07) is 14.6. The normalized spacial score (nSPS) is 10.7. The number of halogens is 1. The Balaban J connectivity index is 1.56. The number of amides is 1. The lowest BCUT2D eigenvalue weighted by molar-refractivity contribution is -0.115. The monoisotopic (exact) mass is 434 g/mol. The Morgan fingerprint density at radius 2 is 1.88 bits per heavy atom. The molecule has 0 aliphatic heterocycles. The maximum absolute atomic E-state index is 13.4. The van der Waals surface area contributed by atoms with Crippen molar-refractivity contribution < 1.29 is 23.2 Å². The van der Waals surface area contributed by atoms with Crippen molar-refractivity contribution >= 4 is 11.8 Å². The summed E-state index contributed by atoms with van der Waals surface area (Å²) in [6.07, 6.45) is 3.07. The van der Waals surface area contributed by atoms with Crippen molar-refractivity contribution in [3.05, 3.63) is 78.5 Å². The lowest BCUT2D eigenvalue weighted by Crippen LogP contribution is -2.14. The lowest BCUT2D eigenvalue weighted by atomic mass is 10.0. The topological polar surface area (TPSA) is 99.4 Å². The molecule has 0 atom stereocenters. The molecule has 0 fully saturated rings. The fraction of sp³-hybridized carbons (Fsp3) is 0.130. The third kappa shape index (κ3) is 4.96. The van der Waals surface area contributed by atoms with Gasteiger partial charge in [-0.15, -0.1) is 0 Å². The molecule has 9 heteroatoms. The van der Waals surface area contributed by atoms with Gasteiger partial charge in [-0.25, -0.2) is 14.4 Å². The van der Waals surface area contributed by atoms with E-state index in [2.05, 4.69) is 20.4 Å². The molecule has 1 amide bonds. The zero-order valence-corrected chi connectivity index (χ0v) is 17.1.